The van der Waals surface area contributed by atoms with Gasteiger partial charge in [-0.2, -0.15) is 0 Å². The average Bonchev–Trinajstić information content (AvgIpc) is 3.05. The number of nitrogens with zero attached hydrogens (tertiary/aromatic N) is 1. The zero-order valence-corrected chi connectivity index (χ0v) is 17.1. The van der Waals surface area contributed by atoms with Crippen LogP contribution in [-0.2, 0) is 0 Å². The second-order valence-electron chi connectivity index (χ2n) is 6.99. The van der Waals surface area contributed by atoms with E-state index in [9.17, 15) is 9.59 Å². The molecular formula is C21H21ClN3O2S+. The maximum Gasteiger partial charge on any atom is 0.267 e. The predicted octanol–water partition coefficient (Wildman–Crippen LogP) is 2.78. The minimum Gasteiger partial charge on any atom is -0.334 e. The summed E-state index contributed by atoms with van der Waals surface area (Å²) in [6, 6.07) is 14.8. The maximum atomic E-state index is 13.0. The van der Waals surface area contributed by atoms with Crippen LogP contribution < -0.4 is 10.2 Å². The van der Waals surface area contributed by atoms with Gasteiger partial charge < -0.3 is 15.1 Å². The average molecular weight is 415 g/mol. The molecule has 2 heterocycles. The number of thiophene rings is 1. The molecule has 2 amide bonds. The molecule has 1 aliphatic heterocycles. The Morgan fingerprint density at radius 3 is 2.50 bits per heavy atom. The summed E-state index contributed by atoms with van der Waals surface area (Å²) in [5.41, 5.74) is 1.02. The lowest BCUT2D eigenvalue weighted by atomic mass is 10.1. The van der Waals surface area contributed by atoms with Crippen molar-refractivity contribution in [2.24, 2.45) is 0 Å². The van der Waals surface area contributed by atoms with Crippen molar-refractivity contribution in [3.8, 4) is 0 Å². The lowest BCUT2D eigenvalue weighted by Crippen LogP contribution is -3.12. The Balaban J connectivity index is 1.59. The van der Waals surface area contributed by atoms with Crippen LogP contribution in [0.2, 0.25) is 5.02 Å². The number of hydrogen-bond donors (Lipinski definition) is 2. The highest BCUT2D eigenvalue weighted by atomic mass is 35.5. The zero-order chi connectivity index (χ0) is 19.7. The van der Waals surface area contributed by atoms with Crippen LogP contribution in [0.1, 0.15) is 20.0 Å². The number of amides is 2. The summed E-state index contributed by atoms with van der Waals surface area (Å²) in [7, 11) is 2.13. The highest BCUT2D eigenvalue weighted by Crippen LogP contribution is 2.35. The Kier molecular flexibility index (Phi) is 5.35. The molecule has 28 heavy (non-hydrogen) atoms. The van der Waals surface area contributed by atoms with Gasteiger partial charge in [0.15, 0.2) is 0 Å². The molecule has 0 bridgehead atoms. The summed E-state index contributed by atoms with van der Waals surface area (Å²) >= 11 is 7.78. The molecule has 0 unspecified atom stereocenters. The standard InChI is InChI=1S/C21H20ClN3O2S/c1-24-10-12-25(13-11-24)21(27)14-6-2-4-8-16(14)23-20(26)19-18(22)15-7-3-5-9-17(15)28-19/h2-9H,10-13H2,1H3,(H,23,26)/p+1. The van der Waals surface area contributed by atoms with Crippen molar-refractivity contribution in [1.82, 2.24) is 4.90 Å². The lowest BCUT2D eigenvalue weighted by molar-refractivity contribution is -0.883. The minimum atomic E-state index is -0.297. The molecule has 4 rings (SSSR count). The van der Waals surface area contributed by atoms with Crippen molar-refractivity contribution in [3.63, 3.8) is 0 Å². The van der Waals surface area contributed by atoms with Crippen molar-refractivity contribution in [2.45, 2.75) is 0 Å². The summed E-state index contributed by atoms with van der Waals surface area (Å²) in [5, 5.41) is 4.20. The van der Waals surface area contributed by atoms with Gasteiger partial charge in [0, 0.05) is 10.1 Å². The molecule has 1 saturated heterocycles. The van der Waals surface area contributed by atoms with Crippen LogP contribution in [0.4, 0.5) is 5.69 Å². The fourth-order valence-corrected chi connectivity index (χ4v) is 4.79. The lowest BCUT2D eigenvalue weighted by Gasteiger charge is -2.30. The van der Waals surface area contributed by atoms with E-state index < -0.39 is 0 Å². The second-order valence-corrected chi connectivity index (χ2v) is 8.42. The summed E-state index contributed by atoms with van der Waals surface area (Å²) < 4.78 is 0.960. The Morgan fingerprint density at radius 1 is 1.07 bits per heavy atom. The van der Waals surface area contributed by atoms with Crippen molar-refractivity contribution in [1.29, 1.82) is 0 Å². The van der Waals surface area contributed by atoms with Crippen LogP contribution in [0.3, 0.4) is 0 Å². The monoisotopic (exact) mass is 414 g/mol. The number of piperazine rings is 1. The van der Waals surface area contributed by atoms with Crippen LogP contribution >= 0.6 is 22.9 Å². The first kappa shape index (κ1) is 18.9. The van der Waals surface area contributed by atoms with Crippen molar-refractivity contribution < 1.29 is 14.5 Å². The number of fused-ring (bicyclic) bond motifs is 1. The van der Waals surface area contributed by atoms with E-state index in [0.29, 0.717) is 21.2 Å². The van der Waals surface area contributed by atoms with Crippen molar-refractivity contribution >= 4 is 50.5 Å². The van der Waals surface area contributed by atoms with Gasteiger partial charge in [0.1, 0.15) is 4.88 Å². The molecule has 0 radical (unpaired) electrons. The Labute approximate surface area is 172 Å². The number of halogens is 1. The molecule has 0 spiro atoms. The number of para-hydroxylation sites is 1. The number of carbonyl (C=O) groups is 2. The third kappa shape index (κ3) is 3.63. The van der Waals surface area contributed by atoms with Crippen molar-refractivity contribution in [2.75, 3.05) is 38.5 Å². The molecule has 2 N–H and O–H groups in total. The normalized spacial score (nSPS) is 15.0. The number of hydrogen-bond acceptors (Lipinski definition) is 3. The first-order valence-corrected chi connectivity index (χ1v) is 10.4. The van der Waals surface area contributed by atoms with Gasteiger partial charge in [0.05, 0.1) is 49.5 Å². The van der Waals surface area contributed by atoms with Gasteiger partial charge in [-0.3, -0.25) is 9.59 Å². The number of carbonyl (C=O) groups excluding carboxylic acids is 2. The van der Waals surface area contributed by atoms with E-state index in [2.05, 4.69) is 12.4 Å². The fourth-order valence-electron chi connectivity index (χ4n) is 3.38. The molecule has 1 aliphatic rings. The van der Waals surface area contributed by atoms with Gasteiger partial charge >= 0.3 is 0 Å². The summed E-state index contributed by atoms with van der Waals surface area (Å²) in [6.07, 6.45) is 0. The van der Waals surface area contributed by atoms with Crippen LogP contribution in [-0.4, -0.2) is 49.9 Å². The van der Waals surface area contributed by atoms with Gasteiger partial charge in [0.25, 0.3) is 11.8 Å². The summed E-state index contributed by atoms with van der Waals surface area (Å²) in [4.78, 5) is 29.6. The maximum absolute atomic E-state index is 13.0. The van der Waals surface area contributed by atoms with E-state index in [0.717, 1.165) is 36.3 Å². The number of nitrogens with one attached hydrogen (secondary N) is 2. The van der Waals surface area contributed by atoms with E-state index in [1.54, 1.807) is 12.1 Å². The van der Waals surface area contributed by atoms with Crippen LogP contribution in [0.25, 0.3) is 10.1 Å². The molecule has 0 saturated carbocycles. The third-order valence-electron chi connectivity index (χ3n) is 5.05. The van der Waals surface area contributed by atoms with E-state index in [-0.39, 0.29) is 11.8 Å². The smallest absolute Gasteiger partial charge is 0.267 e. The SMILES string of the molecule is C[NH+]1CCN(C(=O)c2ccccc2NC(=O)c2sc3ccccc3c2Cl)CC1. The molecule has 144 valence electrons. The van der Waals surface area contributed by atoms with Gasteiger partial charge in [0.2, 0.25) is 0 Å². The number of anilines is 1. The van der Waals surface area contributed by atoms with Crippen molar-refractivity contribution in [3.05, 3.63) is 64.0 Å². The second kappa shape index (κ2) is 7.91. The van der Waals surface area contributed by atoms with Gasteiger partial charge in [-0.25, -0.2) is 0 Å². The number of quaternary nitrogens is 1. The minimum absolute atomic E-state index is 0.0502. The van der Waals surface area contributed by atoms with Gasteiger partial charge in [-0.05, 0) is 18.2 Å². The largest absolute Gasteiger partial charge is 0.334 e. The number of rotatable bonds is 3. The molecule has 1 aromatic heterocycles. The Morgan fingerprint density at radius 2 is 1.75 bits per heavy atom. The first-order valence-electron chi connectivity index (χ1n) is 9.22. The van der Waals surface area contributed by atoms with Crippen LogP contribution in [0, 0.1) is 0 Å². The van der Waals surface area contributed by atoms with Crippen LogP contribution in [0.15, 0.2) is 48.5 Å². The molecule has 1 fully saturated rings. The molecule has 3 aromatic rings. The predicted molar refractivity (Wildman–Crippen MR) is 114 cm³/mol. The van der Waals surface area contributed by atoms with Gasteiger partial charge in [-0.1, -0.05) is 41.9 Å². The molecule has 0 atom stereocenters. The molecule has 7 heteroatoms. The Hall–Kier alpha value is -2.41. The topological polar surface area (TPSA) is 53.9 Å². The van der Waals surface area contributed by atoms with E-state index in [4.69, 9.17) is 11.6 Å². The van der Waals surface area contributed by atoms with E-state index in [1.165, 1.54) is 16.2 Å². The van der Waals surface area contributed by atoms with Crippen LogP contribution in [0.5, 0.6) is 0 Å². The summed E-state index contributed by atoms with van der Waals surface area (Å²) in [5.74, 6) is -0.347. The fraction of sp³-hybridized carbons (Fsp3) is 0.238. The number of likely N-dealkylation sites (N-methyl/N-ethyl adjacent to an activating group) is 1. The Bertz CT molecular complexity index is 1040. The molecular weight excluding hydrogens is 394 g/mol. The van der Waals surface area contributed by atoms with E-state index in [1.807, 2.05) is 41.3 Å². The quantitative estimate of drug-likeness (QED) is 0.692. The molecule has 5 nitrogen and oxygen atoms in total. The summed E-state index contributed by atoms with van der Waals surface area (Å²) in [6.45, 7) is 3.29. The molecule has 2 aromatic carbocycles. The highest BCUT2D eigenvalue weighted by molar-refractivity contribution is 7.21. The van der Waals surface area contributed by atoms with E-state index >= 15 is 0 Å². The zero-order valence-electron chi connectivity index (χ0n) is 15.5. The van der Waals surface area contributed by atoms with Gasteiger partial charge in [-0.15, -0.1) is 11.3 Å². The first-order chi connectivity index (χ1) is 13.5. The third-order valence-corrected chi connectivity index (χ3v) is 6.73. The molecule has 0 aliphatic carbocycles. The number of benzene rings is 2. The highest BCUT2D eigenvalue weighted by Gasteiger charge is 2.25.